The van der Waals surface area contributed by atoms with E-state index in [1.807, 2.05) is 29.5 Å². The van der Waals surface area contributed by atoms with Gasteiger partial charge in [-0.05, 0) is 41.8 Å². The number of rotatable bonds is 2. The van der Waals surface area contributed by atoms with Crippen LogP contribution in [0.2, 0.25) is 0 Å². The lowest BCUT2D eigenvalue weighted by Gasteiger charge is -2.33. The van der Waals surface area contributed by atoms with E-state index in [1.54, 1.807) is 0 Å². The second-order valence-electron chi connectivity index (χ2n) is 5.00. The Morgan fingerprint density at radius 1 is 1.26 bits per heavy atom. The Morgan fingerprint density at radius 3 is 2.89 bits per heavy atom. The Balaban J connectivity index is 1.89. The van der Waals surface area contributed by atoms with Crippen LogP contribution >= 0.6 is 11.3 Å². The number of carbonyl (C=O) groups excluding carboxylic acids is 1. The van der Waals surface area contributed by atoms with Crippen molar-refractivity contribution in [3.8, 4) is 0 Å². The molecule has 1 aromatic heterocycles. The number of benzene rings is 1. The molecule has 1 aromatic carbocycles. The maximum atomic E-state index is 12.5. The standard InChI is InChI=1S/C16H17NOS/c1-17(16(18)15-10-5-11-19-15)14-9-4-7-12-6-2-3-8-13(12)14/h2-3,5-6,8,10-11,14H,4,7,9H2,1H3/t14-/m0/s1. The third-order valence-corrected chi connectivity index (χ3v) is 4.72. The molecular weight excluding hydrogens is 254 g/mol. The molecule has 0 radical (unpaired) electrons. The van der Waals surface area contributed by atoms with Gasteiger partial charge < -0.3 is 4.90 Å². The highest BCUT2D eigenvalue weighted by atomic mass is 32.1. The summed E-state index contributed by atoms with van der Waals surface area (Å²) in [6.07, 6.45) is 3.35. The first-order valence-electron chi connectivity index (χ1n) is 6.66. The minimum absolute atomic E-state index is 0.136. The topological polar surface area (TPSA) is 20.3 Å². The minimum atomic E-state index is 0.136. The summed E-state index contributed by atoms with van der Waals surface area (Å²) in [4.78, 5) is 15.2. The maximum Gasteiger partial charge on any atom is 0.264 e. The van der Waals surface area contributed by atoms with Crippen molar-refractivity contribution in [3.63, 3.8) is 0 Å². The van der Waals surface area contributed by atoms with E-state index in [2.05, 4.69) is 24.3 Å². The molecule has 0 aliphatic heterocycles. The summed E-state index contributed by atoms with van der Waals surface area (Å²) in [5.74, 6) is 0.136. The van der Waals surface area contributed by atoms with Crippen LogP contribution in [-0.4, -0.2) is 17.9 Å². The summed E-state index contributed by atoms with van der Waals surface area (Å²) in [7, 11) is 1.93. The fraction of sp³-hybridized carbons (Fsp3) is 0.312. The third-order valence-electron chi connectivity index (χ3n) is 3.86. The highest BCUT2D eigenvalue weighted by Gasteiger charge is 2.27. The van der Waals surface area contributed by atoms with Gasteiger partial charge in [0.2, 0.25) is 0 Å². The van der Waals surface area contributed by atoms with Gasteiger partial charge in [-0.2, -0.15) is 0 Å². The second kappa shape index (κ2) is 5.17. The molecule has 2 nitrogen and oxygen atoms in total. The zero-order valence-corrected chi connectivity index (χ0v) is 11.8. The molecule has 0 saturated heterocycles. The van der Waals surface area contributed by atoms with Crippen molar-refractivity contribution in [1.82, 2.24) is 4.90 Å². The molecule has 0 saturated carbocycles. The number of hydrogen-bond donors (Lipinski definition) is 0. The van der Waals surface area contributed by atoms with Crippen molar-refractivity contribution in [2.24, 2.45) is 0 Å². The zero-order valence-electron chi connectivity index (χ0n) is 11.0. The summed E-state index contributed by atoms with van der Waals surface area (Å²) >= 11 is 1.51. The van der Waals surface area contributed by atoms with Gasteiger partial charge in [0.25, 0.3) is 5.91 Å². The largest absolute Gasteiger partial charge is 0.334 e. The average molecular weight is 271 g/mol. The monoisotopic (exact) mass is 271 g/mol. The summed E-state index contributed by atoms with van der Waals surface area (Å²) in [5, 5.41) is 1.95. The fourth-order valence-corrected chi connectivity index (χ4v) is 3.55. The molecule has 19 heavy (non-hydrogen) atoms. The lowest BCUT2D eigenvalue weighted by atomic mass is 9.87. The van der Waals surface area contributed by atoms with Gasteiger partial charge in [0.1, 0.15) is 0 Å². The number of fused-ring (bicyclic) bond motifs is 1. The van der Waals surface area contributed by atoms with Crippen LogP contribution in [0.25, 0.3) is 0 Å². The van der Waals surface area contributed by atoms with E-state index in [1.165, 1.54) is 22.5 Å². The number of thiophene rings is 1. The molecule has 3 rings (SSSR count). The third kappa shape index (κ3) is 2.30. The Morgan fingerprint density at radius 2 is 2.11 bits per heavy atom. The Hall–Kier alpha value is -1.61. The molecule has 0 bridgehead atoms. The summed E-state index contributed by atoms with van der Waals surface area (Å²) in [6.45, 7) is 0. The quantitative estimate of drug-likeness (QED) is 0.811. The van der Waals surface area contributed by atoms with Crippen LogP contribution in [0.4, 0.5) is 0 Å². The summed E-state index contributed by atoms with van der Waals surface area (Å²) in [5.41, 5.74) is 2.71. The normalized spacial score (nSPS) is 17.8. The highest BCUT2D eigenvalue weighted by Crippen LogP contribution is 2.34. The lowest BCUT2D eigenvalue weighted by molar-refractivity contribution is 0.0720. The van der Waals surface area contributed by atoms with Gasteiger partial charge >= 0.3 is 0 Å². The van der Waals surface area contributed by atoms with Crippen LogP contribution in [0.5, 0.6) is 0 Å². The molecule has 1 heterocycles. The Bertz CT molecular complexity index is 576. The minimum Gasteiger partial charge on any atom is -0.334 e. The molecule has 3 heteroatoms. The van der Waals surface area contributed by atoms with E-state index >= 15 is 0 Å². The molecule has 1 aliphatic rings. The van der Waals surface area contributed by atoms with Crippen LogP contribution in [0.15, 0.2) is 41.8 Å². The van der Waals surface area contributed by atoms with Crippen LogP contribution in [0, 0.1) is 0 Å². The van der Waals surface area contributed by atoms with E-state index in [4.69, 9.17) is 0 Å². The molecule has 0 N–H and O–H groups in total. The van der Waals surface area contributed by atoms with E-state index < -0.39 is 0 Å². The smallest absolute Gasteiger partial charge is 0.264 e. The van der Waals surface area contributed by atoms with E-state index in [9.17, 15) is 4.79 Å². The van der Waals surface area contributed by atoms with Gasteiger partial charge in [0.15, 0.2) is 0 Å². The van der Waals surface area contributed by atoms with E-state index in [-0.39, 0.29) is 11.9 Å². The van der Waals surface area contributed by atoms with Crippen molar-refractivity contribution in [2.75, 3.05) is 7.05 Å². The molecule has 98 valence electrons. The van der Waals surface area contributed by atoms with Gasteiger partial charge in [-0.25, -0.2) is 0 Å². The van der Waals surface area contributed by atoms with Crippen molar-refractivity contribution in [2.45, 2.75) is 25.3 Å². The molecule has 0 fully saturated rings. The van der Waals surface area contributed by atoms with Crippen molar-refractivity contribution in [1.29, 1.82) is 0 Å². The van der Waals surface area contributed by atoms with E-state index in [0.29, 0.717) is 0 Å². The van der Waals surface area contributed by atoms with Gasteiger partial charge in [-0.15, -0.1) is 11.3 Å². The number of hydrogen-bond acceptors (Lipinski definition) is 2. The summed E-state index contributed by atoms with van der Waals surface area (Å²) in [6, 6.07) is 12.6. The lowest BCUT2D eigenvalue weighted by Crippen LogP contribution is -2.32. The van der Waals surface area contributed by atoms with Gasteiger partial charge in [-0.3, -0.25) is 4.79 Å². The number of amides is 1. The number of aryl methyl sites for hydroxylation is 1. The predicted molar refractivity (Wildman–Crippen MR) is 78.5 cm³/mol. The van der Waals surface area contributed by atoms with Crippen molar-refractivity contribution in [3.05, 3.63) is 57.8 Å². The van der Waals surface area contributed by atoms with Crippen LogP contribution in [0.1, 0.15) is 39.7 Å². The van der Waals surface area contributed by atoms with Crippen molar-refractivity contribution >= 4 is 17.2 Å². The van der Waals surface area contributed by atoms with Crippen LogP contribution in [-0.2, 0) is 6.42 Å². The van der Waals surface area contributed by atoms with E-state index in [0.717, 1.165) is 24.1 Å². The highest BCUT2D eigenvalue weighted by molar-refractivity contribution is 7.12. The van der Waals surface area contributed by atoms with Crippen molar-refractivity contribution < 1.29 is 4.79 Å². The molecule has 0 spiro atoms. The first kappa shape index (κ1) is 12.4. The van der Waals surface area contributed by atoms with Crippen LogP contribution in [0.3, 0.4) is 0 Å². The van der Waals surface area contributed by atoms with Gasteiger partial charge in [0.05, 0.1) is 10.9 Å². The maximum absolute atomic E-state index is 12.5. The van der Waals surface area contributed by atoms with Gasteiger partial charge in [-0.1, -0.05) is 30.3 Å². The Kier molecular flexibility index (Phi) is 3.38. The zero-order chi connectivity index (χ0) is 13.2. The SMILES string of the molecule is CN(C(=O)c1cccs1)[C@H]1CCCc2ccccc21. The molecule has 1 amide bonds. The van der Waals surface area contributed by atoms with Gasteiger partial charge in [0, 0.05) is 7.05 Å². The predicted octanol–water partition coefficient (Wildman–Crippen LogP) is 3.90. The molecule has 1 atom stereocenters. The average Bonchev–Trinajstić information content (AvgIpc) is 2.99. The summed E-state index contributed by atoms with van der Waals surface area (Å²) < 4.78 is 0. The van der Waals surface area contributed by atoms with Crippen LogP contribution < -0.4 is 0 Å². The second-order valence-corrected chi connectivity index (χ2v) is 5.95. The number of nitrogens with zero attached hydrogens (tertiary/aromatic N) is 1. The molecule has 2 aromatic rings. The first-order valence-corrected chi connectivity index (χ1v) is 7.54. The Labute approximate surface area is 117 Å². The molecule has 1 aliphatic carbocycles. The number of carbonyl (C=O) groups is 1. The molecule has 0 unspecified atom stereocenters. The first-order chi connectivity index (χ1) is 9.27. The molecular formula is C16H17NOS. The fourth-order valence-electron chi connectivity index (χ4n) is 2.85.